The summed E-state index contributed by atoms with van der Waals surface area (Å²) >= 11 is 0. The van der Waals surface area contributed by atoms with E-state index in [1.54, 1.807) is 0 Å². The monoisotopic (exact) mass is 188 g/mol. The van der Waals surface area contributed by atoms with Crippen LogP contribution >= 0.6 is 0 Å². The molecule has 1 aromatic rings. The molecule has 2 nitrogen and oxygen atoms in total. The van der Waals surface area contributed by atoms with Crippen molar-refractivity contribution in [3.63, 3.8) is 0 Å². The number of nitrogens with one attached hydrogen (secondary N) is 1. The Morgan fingerprint density at radius 3 is 2.57 bits per heavy atom. The average molecular weight is 188 g/mol. The van der Waals surface area contributed by atoms with Gasteiger partial charge in [0, 0.05) is 18.8 Å². The van der Waals surface area contributed by atoms with Gasteiger partial charge in [-0.05, 0) is 31.5 Å². The molecule has 0 aromatic heterocycles. The molecule has 1 N–H and O–H groups in total. The summed E-state index contributed by atoms with van der Waals surface area (Å²) in [7, 11) is 0. The summed E-state index contributed by atoms with van der Waals surface area (Å²) in [6.07, 6.45) is 2.66. The highest BCUT2D eigenvalue weighted by Crippen LogP contribution is 2.39. The molecular formula is C12H16N2. The van der Waals surface area contributed by atoms with Crippen molar-refractivity contribution in [2.45, 2.75) is 18.4 Å². The average Bonchev–Trinajstić information content (AvgIpc) is 2.68. The smallest absolute Gasteiger partial charge is 0.0555 e. The first-order valence-corrected chi connectivity index (χ1v) is 5.44. The van der Waals surface area contributed by atoms with Crippen LogP contribution in [0.4, 0.5) is 5.69 Å². The van der Waals surface area contributed by atoms with E-state index in [2.05, 4.69) is 40.5 Å². The molecule has 2 aliphatic heterocycles. The van der Waals surface area contributed by atoms with Gasteiger partial charge in [-0.15, -0.1) is 0 Å². The third-order valence-electron chi connectivity index (χ3n) is 3.66. The van der Waals surface area contributed by atoms with Crippen LogP contribution in [0.1, 0.15) is 12.8 Å². The minimum absolute atomic E-state index is 0.460. The summed E-state index contributed by atoms with van der Waals surface area (Å²) in [6, 6.07) is 10.8. The Balaban J connectivity index is 1.87. The summed E-state index contributed by atoms with van der Waals surface area (Å²) in [5.41, 5.74) is 1.85. The van der Waals surface area contributed by atoms with Gasteiger partial charge >= 0.3 is 0 Å². The Kier molecular flexibility index (Phi) is 1.77. The van der Waals surface area contributed by atoms with E-state index < -0.39 is 0 Å². The van der Waals surface area contributed by atoms with Crippen LogP contribution in [-0.4, -0.2) is 25.2 Å². The molecule has 2 fully saturated rings. The lowest BCUT2D eigenvalue weighted by molar-refractivity contribution is 0.301. The first-order valence-electron chi connectivity index (χ1n) is 5.44. The molecular weight excluding hydrogens is 172 g/mol. The summed E-state index contributed by atoms with van der Waals surface area (Å²) in [5.74, 6) is 0. The molecule has 0 bridgehead atoms. The summed E-state index contributed by atoms with van der Waals surface area (Å²) < 4.78 is 0. The van der Waals surface area contributed by atoms with Crippen LogP contribution < -0.4 is 10.2 Å². The SMILES string of the molecule is c1ccc(N2CC[C@]23CCNC3)cc1. The maximum atomic E-state index is 3.47. The second-order valence-electron chi connectivity index (χ2n) is 4.39. The topological polar surface area (TPSA) is 15.3 Å². The normalized spacial score (nSPS) is 30.7. The lowest BCUT2D eigenvalue weighted by atomic mass is 9.83. The predicted octanol–water partition coefficient (Wildman–Crippen LogP) is 1.63. The van der Waals surface area contributed by atoms with Gasteiger partial charge in [0.25, 0.3) is 0 Å². The van der Waals surface area contributed by atoms with Crippen LogP contribution in [0.15, 0.2) is 30.3 Å². The summed E-state index contributed by atoms with van der Waals surface area (Å²) in [4.78, 5) is 2.56. The Labute approximate surface area is 84.9 Å². The van der Waals surface area contributed by atoms with Crippen LogP contribution in [-0.2, 0) is 0 Å². The number of hydrogen-bond donors (Lipinski definition) is 1. The number of benzene rings is 1. The van der Waals surface area contributed by atoms with E-state index in [4.69, 9.17) is 0 Å². The van der Waals surface area contributed by atoms with Gasteiger partial charge < -0.3 is 10.2 Å². The Hall–Kier alpha value is -1.02. The molecule has 0 unspecified atom stereocenters. The number of para-hydroxylation sites is 1. The minimum atomic E-state index is 0.460. The molecule has 2 saturated heterocycles. The second-order valence-corrected chi connectivity index (χ2v) is 4.39. The second kappa shape index (κ2) is 2.99. The predicted molar refractivity (Wildman–Crippen MR) is 58.6 cm³/mol. The first kappa shape index (κ1) is 8.30. The van der Waals surface area contributed by atoms with Crippen LogP contribution in [0, 0.1) is 0 Å². The Morgan fingerprint density at radius 2 is 2.00 bits per heavy atom. The maximum absolute atomic E-state index is 3.47. The molecule has 14 heavy (non-hydrogen) atoms. The van der Waals surface area contributed by atoms with E-state index in [0.29, 0.717) is 5.54 Å². The van der Waals surface area contributed by atoms with Crippen molar-refractivity contribution in [3.8, 4) is 0 Å². The van der Waals surface area contributed by atoms with Gasteiger partial charge in [0.15, 0.2) is 0 Å². The molecule has 2 heteroatoms. The van der Waals surface area contributed by atoms with Gasteiger partial charge in [-0.3, -0.25) is 0 Å². The summed E-state index contributed by atoms with van der Waals surface area (Å²) in [5, 5.41) is 3.47. The highest BCUT2D eigenvalue weighted by Gasteiger charge is 2.46. The van der Waals surface area contributed by atoms with E-state index >= 15 is 0 Å². The zero-order valence-corrected chi connectivity index (χ0v) is 8.37. The molecule has 0 saturated carbocycles. The van der Waals surface area contributed by atoms with Crippen LogP contribution in [0.5, 0.6) is 0 Å². The van der Waals surface area contributed by atoms with Crippen molar-refractivity contribution < 1.29 is 0 Å². The van der Waals surface area contributed by atoms with Gasteiger partial charge in [0.2, 0.25) is 0 Å². The molecule has 0 aliphatic carbocycles. The van der Waals surface area contributed by atoms with Crippen molar-refractivity contribution >= 4 is 5.69 Å². The molecule has 1 aromatic carbocycles. The standard InChI is InChI=1S/C12H16N2/c1-2-4-11(5-3-1)14-9-7-12(14)6-8-13-10-12/h1-5,13H,6-10H2/t12-/m0/s1. The van der Waals surface area contributed by atoms with Gasteiger partial charge in [0.1, 0.15) is 0 Å². The zero-order chi connectivity index (χ0) is 9.43. The quantitative estimate of drug-likeness (QED) is 0.720. The largest absolute Gasteiger partial charge is 0.364 e. The highest BCUT2D eigenvalue weighted by molar-refractivity contribution is 5.52. The molecule has 1 spiro atoms. The van der Waals surface area contributed by atoms with Gasteiger partial charge in [0.05, 0.1) is 5.54 Å². The Bertz CT molecular complexity index is 314. The number of rotatable bonds is 1. The van der Waals surface area contributed by atoms with Crippen molar-refractivity contribution in [3.05, 3.63) is 30.3 Å². The molecule has 0 amide bonds. The van der Waals surface area contributed by atoms with Crippen molar-refractivity contribution in [1.29, 1.82) is 0 Å². The number of anilines is 1. The zero-order valence-electron chi connectivity index (χ0n) is 8.37. The van der Waals surface area contributed by atoms with Crippen molar-refractivity contribution in [2.75, 3.05) is 24.5 Å². The first-order chi connectivity index (χ1) is 6.91. The lowest BCUT2D eigenvalue weighted by Crippen LogP contribution is -2.61. The van der Waals surface area contributed by atoms with Gasteiger partial charge in [-0.2, -0.15) is 0 Å². The van der Waals surface area contributed by atoms with E-state index in [1.807, 2.05) is 0 Å². The maximum Gasteiger partial charge on any atom is 0.0555 e. The minimum Gasteiger partial charge on any atom is -0.364 e. The third-order valence-corrected chi connectivity index (χ3v) is 3.66. The van der Waals surface area contributed by atoms with Crippen molar-refractivity contribution in [1.82, 2.24) is 5.32 Å². The highest BCUT2D eigenvalue weighted by atomic mass is 15.3. The fourth-order valence-corrected chi connectivity index (χ4v) is 2.73. The third kappa shape index (κ3) is 1.07. The fourth-order valence-electron chi connectivity index (χ4n) is 2.73. The van der Waals surface area contributed by atoms with Gasteiger partial charge in [-0.1, -0.05) is 18.2 Å². The molecule has 2 aliphatic rings. The number of nitrogens with zero attached hydrogens (tertiary/aromatic N) is 1. The molecule has 1 atom stereocenters. The molecule has 2 heterocycles. The van der Waals surface area contributed by atoms with Crippen molar-refractivity contribution in [2.24, 2.45) is 0 Å². The van der Waals surface area contributed by atoms with E-state index in [-0.39, 0.29) is 0 Å². The van der Waals surface area contributed by atoms with Crippen LogP contribution in [0.3, 0.4) is 0 Å². The van der Waals surface area contributed by atoms with Gasteiger partial charge in [-0.25, -0.2) is 0 Å². The van der Waals surface area contributed by atoms with Crippen LogP contribution in [0.2, 0.25) is 0 Å². The summed E-state index contributed by atoms with van der Waals surface area (Å²) in [6.45, 7) is 3.58. The molecule has 74 valence electrons. The lowest BCUT2D eigenvalue weighted by Gasteiger charge is -2.52. The van der Waals surface area contributed by atoms with E-state index in [9.17, 15) is 0 Å². The fraction of sp³-hybridized carbons (Fsp3) is 0.500. The van der Waals surface area contributed by atoms with E-state index in [1.165, 1.54) is 38.2 Å². The number of hydrogen-bond acceptors (Lipinski definition) is 2. The Morgan fingerprint density at radius 1 is 1.14 bits per heavy atom. The molecule has 0 radical (unpaired) electrons. The van der Waals surface area contributed by atoms with E-state index in [0.717, 1.165) is 0 Å². The molecule has 3 rings (SSSR count). The van der Waals surface area contributed by atoms with Crippen LogP contribution in [0.25, 0.3) is 0 Å².